The first kappa shape index (κ1) is 22.5. The quantitative estimate of drug-likeness (QED) is 0.297. The average Bonchev–Trinajstić information content (AvgIpc) is 2.65. The van der Waals surface area contributed by atoms with Gasteiger partial charge in [-0.1, -0.05) is 68.9 Å². The molecule has 0 unspecified atom stereocenters. The van der Waals surface area contributed by atoms with Crippen molar-refractivity contribution < 1.29 is 9.22 Å². The molecule has 0 saturated heterocycles. The molecule has 0 fully saturated rings. The highest BCUT2D eigenvalue weighted by Gasteiger charge is 2.37. The lowest BCUT2D eigenvalue weighted by molar-refractivity contribution is -0.113. The van der Waals surface area contributed by atoms with Gasteiger partial charge in [0.25, 0.3) is 5.91 Å². The van der Waals surface area contributed by atoms with Gasteiger partial charge in [0.2, 0.25) is 0 Å². The van der Waals surface area contributed by atoms with Crippen molar-refractivity contribution in [2.75, 3.05) is 11.9 Å². The second-order valence-corrected chi connectivity index (χ2v) is 14.0. The molecule has 0 aliphatic heterocycles. The zero-order valence-electron chi connectivity index (χ0n) is 17.5. The van der Waals surface area contributed by atoms with Gasteiger partial charge in [-0.05, 0) is 47.8 Å². The lowest BCUT2D eigenvalue weighted by Gasteiger charge is -2.36. The summed E-state index contributed by atoms with van der Waals surface area (Å²) in [6.07, 6.45) is 0.588. The fraction of sp³-hybridized carbons (Fsp3) is 0.348. The van der Waals surface area contributed by atoms with Crippen LogP contribution >= 0.6 is 11.8 Å². The Kier molecular flexibility index (Phi) is 8.10. The first-order valence-electron chi connectivity index (χ1n) is 9.60. The van der Waals surface area contributed by atoms with E-state index < -0.39 is 8.32 Å². The lowest BCUT2D eigenvalue weighted by Crippen LogP contribution is -2.41. The van der Waals surface area contributed by atoms with E-state index in [1.807, 2.05) is 66.1 Å². The zero-order valence-corrected chi connectivity index (χ0v) is 19.3. The summed E-state index contributed by atoms with van der Waals surface area (Å²) in [6, 6.07) is 19.6. The van der Waals surface area contributed by atoms with Gasteiger partial charge in [0, 0.05) is 29.2 Å². The molecule has 2 aromatic carbocycles. The summed E-state index contributed by atoms with van der Waals surface area (Å²) in [4.78, 5) is 14.0. The van der Waals surface area contributed by atoms with Crippen LogP contribution < -0.4 is 5.32 Å². The first-order valence-corrected chi connectivity index (χ1v) is 13.4. The predicted octanol–water partition coefficient (Wildman–Crippen LogP) is 6.71. The third-order valence-electron chi connectivity index (χ3n) is 5.04. The number of amides is 1. The van der Waals surface area contributed by atoms with Crippen molar-refractivity contribution in [3.63, 3.8) is 0 Å². The average molecular weight is 414 g/mol. The largest absolute Gasteiger partial charge is 0.416 e. The minimum atomic E-state index is -1.83. The molecule has 0 spiro atoms. The van der Waals surface area contributed by atoms with Gasteiger partial charge in [-0.15, -0.1) is 0 Å². The van der Waals surface area contributed by atoms with E-state index in [0.717, 1.165) is 16.2 Å². The van der Waals surface area contributed by atoms with Gasteiger partial charge in [-0.2, -0.15) is 0 Å². The van der Waals surface area contributed by atoms with Crippen molar-refractivity contribution in [3.8, 4) is 0 Å². The van der Waals surface area contributed by atoms with Gasteiger partial charge in [-0.25, -0.2) is 0 Å². The third kappa shape index (κ3) is 6.97. The van der Waals surface area contributed by atoms with Crippen LogP contribution in [-0.4, -0.2) is 20.8 Å². The summed E-state index contributed by atoms with van der Waals surface area (Å²) in [7, 11) is -1.83. The summed E-state index contributed by atoms with van der Waals surface area (Å²) in [6.45, 7) is 11.7. The van der Waals surface area contributed by atoms with Crippen LogP contribution in [0.1, 0.15) is 27.2 Å². The number of para-hydroxylation sites is 1. The number of carbonyl (C=O) groups is 1. The lowest BCUT2D eigenvalue weighted by atomic mass is 10.2. The maximum Gasteiger partial charge on any atom is 0.252 e. The van der Waals surface area contributed by atoms with Gasteiger partial charge >= 0.3 is 0 Å². The highest BCUT2D eigenvalue weighted by Crippen LogP contribution is 2.36. The molecular weight excluding hydrogens is 382 g/mol. The molecule has 1 N–H and O–H groups in total. The number of hydrogen-bond donors (Lipinski definition) is 1. The zero-order chi connectivity index (χ0) is 20.6. The number of thioether (sulfide) groups is 1. The molecule has 0 aromatic heterocycles. The number of anilines is 1. The summed E-state index contributed by atoms with van der Waals surface area (Å²) in [5.41, 5.74) is 1.53. The highest BCUT2D eigenvalue weighted by molar-refractivity contribution is 8.02. The van der Waals surface area contributed by atoms with E-state index in [9.17, 15) is 4.79 Å². The van der Waals surface area contributed by atoms with Gasteiger partial charge in [-0.3, -0.25) is 4.79 Å². The molecule has 0 atom stereocenters. The normalized spacial score (nSPS) is 12.7. The molecule has 0 aliphatic rings. The Labute approximate surface area is 174 Å². The van der Waals surface area contributed by atoms with Crippen LogP contribution in [-0.2, 0) is 9.22 Å². The van der Waals surface area contributed by atoms with Crippen LogP contribution in [0.4, 0.5) is 5.69 Å². The van der Waals surface area contributed by atoms with Crippen molar-refractivity contribution in [2.45, 2.75) is 50.2 Å². The summed E-state index contributed by atoms with van der Waals surface area (Å²) in [5.74, 6) is -0.0755. The minimum Gasteiger partial charge on any atom is -0.416 e. The Morgan fingerprint density at radius 3 is 2.18 bits per heavy atom. The van der Waals surface area contributed by atoms with Gasteiger partial charge in [0.05, 0.1) is 0 Å². The van der Waals surface area contributed by atoms with Crippen LogP contribution in [0.3, 0.4) is 0 Å². The summed E-state index contributed by atoms with van der Waals surface area (Å²) in [5, 5.41) is 5.09. The Balaban J connectivity index is 2.08. The number of nitrogens with one attached hydrogen (secondary N) is 1. The fourth-order valence-electron chi connectivity index (χ4n) is 2.23. The van der Waals surface area contributed by atoms with E-state index in [1.165, 1.54) is 0 Å². The van der Waals surface area contributed by atoms with Crippen LogP contribution in [0.25, 0.3) is 0 Å². The second kappa shape index (κ2) is 10.1. The number of carbonyl (C=O) groups excluding carboxylic acids is 1. The highest BCUT2D eigenvalue weighted by atomic mass is 32.2. The molecule has 0 bridgehead atoms. The first-order chi connectivity index (χ1) is 13.2. The Morgan fingerprint density at radius 1 is 1.04 bits per heavy atom. The van der Waals surface area contributed by atoms with E-state index in [-0.39, 0.29) is 10.9 Å². The van der Waals surface area contributed by atoms with Crippen LogP contribution in [0.2, 0.25) is 18.1 Å². The molecule has 0 radical (unpaired) electrons. The molecule has 5 heteroatoms. The van der Waals surface area contributed by atoms with Gasteiger partial charge < -0.3 is 9.74 Å². The maximum atomic E-state index is 12.8. The molecule has 28 heavy (non-hydrogen) atoms. The van der Waals surface area contributed by atoms with Crippen molar-refractivity contribution in [1.82, 2.24) is 0 Å². The van der Waals surface area contributed by atoms with E-state index in [0.29, 0.717) is 13.0 Å². The fourth-order valence-corrected chi connectivity index (χ4v) is 4.09. The van der Waals surface area contributed by atoms with E-state index >= 15 is 0 Å². The monoisotopic (exact) mass is 413 g/mol. The number of hydrogen-bond acceptors (Lipinski definition) is 3. The molecule has 0 aliphatic carbocycles. The predicted molar refractivity (Wildman–Crippen MR) is 123 cm³/mol. The molecule has 2 rings (SSSR count). The molecule has 150 valence electrons. The van der Waals surface area contributed by atoms with Crippen LogP contribution in [0.15, 0.2) is 76.5 Å². The van der Waals surface area contributed by atoms with Crippen LogP contribution in [0.5, 0.6) is 0 Å². The standard InChI is InChI=1S/C23H31NO2SSi/c1-23(2,3)28(4,5)26-17-16-19(18-27-21-14-10-7-11-15-21)22(25)24-20-12-8-6-9-13-20/h6-15,18H,16-17H2,1-5H3,(H,24,25)/b19-18+. The van der Waals surface area contributed by atoms with Crippen molar-refractivity contribution >= 4 is 31.7 Å². The van der Waals surface area contributed by atoms with Crippen molar-refractivity contribution in [1.29, 1.82) is 0 Å². The molecule has 0 saturated carbocycles. The number of benzene rings is 2. The molecule has 3 nitrogen and oxygen atoms in total. The maximum absolute atomic E-state index is 12.8. The van der Waals surface area contributed by atoms with Gasteiger partial charge in [0.15, 0.2) is 8.32 Å². The molecule has 2 aromatic rings. The van der Waals surface area contributed by atoms with Gasteiger partial charge in [0.1, 0.15) is 0 Å². The van der Waals surface area contributed by atoms with Crippen LogP contribution in [0, 0.1) is 0 Å². The van der Waals surface area contributed by atoms with E-state index in [1.54, 1.807) is 11.8 Å². The second-order valence-electron chi connectivity index (χ2n) is 8.25. The minimum absolute atomic E-state index is 0.0755. The van der Waals surface area contributed by atoms with Crippen molar-refractivity contribution in [2.24, 2.45) is 0 Å². The summed E-state index contributed by atoms with van der Waals surface area (Å²) >= 11 is 1.56. The Bertz CT molecular complexity index is 783. The smallest absolute Gasteiger partial charge is 0.252 e. The summed E-state index contributed by atoms with van der Waals surface area (Å²) < 4.78 is 6.29. The Hall–Kier alpha value is -1.82. The topological polar surface area (TPSA) is 38.3 Å². The van der Waals surface area contributed by atoms with Crippen molar-refractivity contribution in [3.05, 3.63) is 71.6 Å². The SMILES string of the molecule is CC(C)(C)[Si](C)(C)OCC/C(=C\Sc1ccccc1)C(=O)Nc1ccccc1. The Morgan fingerprint density at radius 2 is 1.61 bits per heavy atom. The number of rotatable bonds is 8. The molecular formula is C23H31NO2SSi. The van der Waals surface area contributed by atoms with E-state index in [2.05, 4.69) is 39.2 Å². The third-order valence-corrected chi connectivity index (χ3v) is 10.5. The molecule has 0 heterocycles. The molecule has 1 amide bonds. The van der Waals surface area contributed by atoms with E-state index in [4.69, 9.17) is 4.43 Å².